The van der Waals surface area contributed by atoms with Gasteiger partial charge in [0, 0.05) is 45.3 Å². The Morgan fingerprint density at radius 2 is 1.01 bits per heavy atom. The summed E-state index contributed by atoms with van der Waals surface area (Å²) >= 11 is 1.45. The van der Waals surface area contributed by atoms with E-state index in [1.807, 2.05) is 20.1 Å². The fraction of sp³-hybridized carbons (Fsp3) is 0.587. The van der Waals surface area contributed by atoms with E-state index < -0.39 is 169 Å². The standard InChI is InChI=1S/C63H98N18O13S/c1-37(2)33-45(57(89)74-41(53(68)85)27-32-95-3)73-52(84)36-72-54(86)46(34-38-15-6-4-7-16-38)78-58(90)47(35-39-17-8-5-9-18-39)79-56(88)42(23-25-50(66)82)75-55(87)43(24-26-51(67)83)76-59(91)49-22-14-31-81(49)62(94)44(20-10-11-28-64)77-60(92)48-21-13-30-80(48)61(93)40(65)19-12-29-71-63(69)70/h4-9,15-18,37,40-49H,10-14,19-36,64-65H2,1-3H3,(H2,66,82)(H2,67,83)(H2,68,85)(H,72,86)(H,73,84)(H,74,89)(H,75,87)(H,76,91)(H,77,92)(H,78,90)(H,79,88)(H4,69,70,71)/t40-,41+,42-,43+,44+,45-,46-,47+,48+,49-/m1/s1. The van der Waals surface area contributed by atoms with Crippen molar-refractivity contribution >= 4 is 94.5 Å². The lowest BCUT2D eigenvalue weighted by atomic mass is 10.0. The summed E-state index contributed by atoms with van der Waals surface area (Å²) in [6.45, 7) is 3.86. The van der Waals surface area contributed by atoms with Crippen molar-refractivity contribution in [3.63, 3.8) is 0 Å². The number of primary amides is 3. The van der Waals surface area contributed by atoms with Gasteiger partial charge in [-0.05, 0) is 119 Å². The molecule has 2 fully saturated rings. The minimum absolute atomic E-state index is 0.0736. The number of likely N-dealkylation sites (tertiary alicyclic amines) is 2. The summed E-state index contributed by atoms with van der Waals surface area (Å²) in [5, 5.41) is 21.1. The van der Waals surface area contributed by atoms with E-state index in [1.165, 1.54) is 21.6 Å². The Kier molecular flexibility index (Phi) is 33.9. The number of unbranched alkanes of at least 4 members (excludes halogenated alkanes) is 1. The number of rotatable bonds is 42. The molecular weight excluding hydrogens is 1250 g/mol. The SMILES string of the molecule is CSCC[C@H](NC(=O)[C@@H](CC(C)C)NC(=O)CNC(=O)[C@@H](Cc1ccccc1)NC(=O)[C@H](Cc1ccccc1)NC(=O)[C@@H](CCC(N)=O)NC(=O)[C@H](CCC(N)=O)NC(=O)[C@H]1CCCN1C(=O)[C@H](CCCCN)NC(=O)[C@@H]1CCCN1C(=O)[C@H](N)CCCN=C(N)N)C(N)=O. The Labute approximate surface area is 558 Å². The zero-order valence-corrected chi connectivity index (χ0v) is 55.3. The molecule has 31 nitrogen and oxygen atoms in total. The minimum Gasteiger partial charge on any atom is -0.370 e. The average molecular weight is 1350 g/mol. The van der Waals surface area contributed by atoms with E-state index in [2.05, 4.69) is 47.5 Å². The van der Waals surface area contributed by atoms with Gasteiger partial charge in [-0.15, -0.1) is 0 Å². The highest BCUT2D eigenvalue weighted by Crippen LogP contribution is 2.24. The van der Waals surface area contributed by atoms with Crippen LogP contribution >= 0.6 is 11.8 Å². The molecule has 22 N–H and O–H groups in total. The van der Waals surface area contributed by atoms with Crippen molar-refractivity contribution < 1.29 is 62.3 Å². The van der Waals surface area contributed by atoms with Crippen molar-refractivity contribution in [2.24, 2.45) is 51.0 Å². The first-order chi connectivity index (χ1) is 45.2. The number of nitrogens with zero attached hydrogens (tertiary/aromatic N) is 3. The van der Waals surface area contributed by atoms with Crippen LogP contribution in [-0.2, 0) is 75.2 Å². The molecule has 4 rings (SSSR count). The largest absolute Gasteiger partial charge is 0.370 e. The molecule has 0 unspecified atom stereocenters. The molecule has 0 aliphatic carbocycles. The third kappa shape index (κ3) is 27.5. The number of thioether (sulfide) groups is 1. The van der Waals surface area contributed by atoms with Crippen LogP contribution in [0.15, 0.2) is 65.7 Å². The van der Waals surface area contributed by atoms with Crippen LogP contribution in [-0.4, -0.2) is 198 Å². The lowest BCUT2D eigenvalue weighted by molar-refractivity contribution is -0.144. The van der Waals surface area contributed by atoms with Crippen molar-refractivity contribution in [2.45, 2.75) is 183 Å². The predicted octanol–water partition coefficient (Wildman–Crippen LogP) is -3.71. The molecule has 524 valence electrons. The third-order valence-corrected chi connectivity index (χ3v) is 16.7. The fourth-order valence-electron chi connectivity index (χ4n) is 11.0. The van der Waals surface area contributed by atoms with Crippen LogP contribution in [0.3, 0.4) is 0 Å². The van der Waals surface area contributed by atoms with Crippen molar-refractivity contribution in [3.05, 3.63) is 71.8 Å². The topological polar surface area (TPSA) is 519 Å². The molecular formula is C63H98N18O13S. The molecule has 2 aliphatic rings. The Morgan fingerprint density at radius 1 is 0.537 bits per heavy atom. The molecule has 0 saturated carbocycles. The summed E-state index contributed by atoms with van der Waals surface area (Å²) in [6.07, 6.45) is 3.12. The number of carbonyl (C=O) groups excluding carboxylic acids is 13. The van der Waals surface area contributed by atoms with Gasteiger partial charge in [0.25, 0.3) is 0 Å². The first-order valence-electron chi connectivity index (χ1n) is 32.2. The number of benzene rings is 2. The molecule has 2 aromatic rings. The van der Waals surface area contributed by atoms with Crippen LogP contribution < -0.4 is 82.7 Å². The molecule has 2 heterocycles. The number of hydrogen-bond acceptors (Lipinski definition) is 17. The number of guanidine groups is 1. The van der Waals surface area contributed by atoms with E-state index in [0.717, 1.165) is 0 Å². The monoisotopic (exact) mass is 1350 g/mol. The summed E-state index contributed by atoms with van der Waals surface area (Å²) in [4.78, 5) is 185. The fourth-order valence-corrected chi connectivity index (χ4v) is 11.5. The lowest BCUT2D eigenvalue weighted by Gasteiger charge is -2.32. The molecule has 2 saturated heterocycles. The van der Waals surface area contributed by atoms with Crippen molar-refractivity contribution in [1.82, 2.24) is 52.3 Å². The number of carbonyl (C=O) groups is 13. The Morgan fingerprint density at radius 3 is 1.51 bits per heavy atom. The number of nitrogens with one attached hydrogen (secondary N) is 8. The van der Waals surface area contributed by atoms with Gasteiger partial charge in [-0.3, -0.25) is 67.3 Å². The van der Waals surface area contributed by atoms with Crippen LogP contribution in [0.2, 0.25) is 0 Å². The molecule has 0 bridgehead atoms. The first kappa shape index (κ1) is 78.5. The van der Waals surface area contributed by atoms with Crippen molar-refractivity contribution in [2.75, 3.05) is 44.7 Å². The van der Waals surface area contributed by atoms with Gasteiger partial charge in [0.05, 0.1) is 12.6 Å². The summed E-state index contributed by atoms with van der Waals surface area (Å²) in [5.74, 6) is -9.80. The van der Waals surface area contributed by atoms with E-state index >= 15 is 0 Å². The molecule has 2 aromatic carbocycles. The van der Waals surface area contributed by atoms with Crippen LogP contribution in [0.4, 0.5) is 0 Å². The summed E-state index contributed by atoms with van der Waals surface area (Å²) in [5.41, 5.74) is 40.6. The molecule has 32 heteroatoms. The second-order valence-electron chi connectivity index (χ2n) is 24.1. The highest BCUT2D eigenvalue weighted by atomic mass is 32.2. The summed E-state index contributed by atoms with van der Waals surface area (Å²) in [6, 6.07) is 4.51. The summed E-state index contributed by atoms with van der Waals surface area (Å²) in [7, 11) is 0. The smallest absolute Gasteiger partial charge is 0.245 e. The Balaban J connectivity index is 1.56. The van der Waals surface area contributed by atoms with Crippen LogP contribution in [0.1, 0.15) is 121 Å². The maximum atomic E-state index is 14.7. The number of hydrogen-bond donors (Lipinski definition) is 15. The molecule has 0 spiro atoms. The highest BCUT2D eigenvalue weighted by molar-refractivity contribution is 7.98. The first-order valence-corrected chi connectivity index (χ1v) is 33.6. The number of aliphatic imine (C=N–C) groups is 1. The molecule has 13 amide bonds. The molecule has 10 atom stereocenters. The van der Waals surface area contributed by atoms with E-state index in [9.17, 15) is 62.3 Å². The van der Waals surface area contributed by atoms with E-state index in [1.54, 1.807) is 60.7 Å². The van der Waals surface area contributed by atoms with E-state index in [-0.39, 0.29) is 83.0 Å². The molecule has 0 radical (unpaired) electrons. The second-order valence-corrected chi connectivity index (χ2v) is 25.1. The van der Waals surface area contributed by atoms with Gasteiger partial charge in [-0.1, -0.05) is 74.5 Å². The van der Waals surface area contributed by atoms with Gasteiger partial charge in [0.1, 0.15) is 54.4 Å². The molecule has 0 aromatic heterocycles. The zero-order chi connectivity index (χ0) is 70.1. The van der Waals surface area contributed by atoms with Gasteiger partial charge in [0.2, 0.25) is 76.8 Å². The van der Waals surface area contributed by atoms with Gasteiger partial charge >= 0.3 is 0 Å². The normalized spacial score (nSPS) is 16.8. The third-order valence-electron chi connectivity index (χ3n) is 16.0. The molecule has 2 aliphatic heterocycles. The highest BCUT2D eigenvalue weighted by Gasteiger charge is 2.42. The Hall–Kier alpha value is -8.91. The average Bonchev–Trinajstić information content (AvgIpc) is 1.74. The quantitative estimate of drug-likeness (QED) is 0.0173. The predicted molar refractivity (Wildman–Crippen MR) is 356 cm³/mol. The maximum absolute atomic E-state index is 14.7. The number of amides is 13. The minimum atomic E-state index is -1.64. The van der Waals surface area contributed by atoms with Gasteiger partial charge in [-0.25, -0.2) is 0 Å². The zero-order valence-electron chi connectivity index (χ0n) is 54.5. The van der Waals surface area contributed by atoms with Crippen LogP contribution in [0.25, 0.3) is 0 Å². The molecule has 95 heavy (non-hydrogen) atoms. The van der Waals surface area contributed by atoms with E-state index in [0.29, 0.717) is 55.4 Å². The lowest BCUT2D eigenvalue weighted by Crippen LogP contribution is -2.60. The summed E-state index contributed by atoms with van der Waals surface area (Å²) < 4.78 is 0. The Bertz CT molecular complexity index is 2960. The number of nitrogens with two attached hydrogens (primary N) is 7. The van der Waals surface area contributed by atoms with Crippen LogP contribution in [0.5, 0.6) is 0 Å². The van der Waals surface area contributed by atoms with Crippen molar-refractivity contribution in [3.8, 4) is 0 Å². The maximum Gasteiger partial charge on any atom is 0.245 e. The van der Waals surface area contributed by atoms with Crippen LogP contribution in [0, 0.1) is 5.92 Å². The van der Waals surface area contributed by atoms with Gasteiger partial charge < -0.3 is 92.5 Å². The van der Waals surface area contributed by atoms with Crippen molar-refractivity contribution in [1.29, 1.82) is 0 Å². The van der Waals surface area contributed by atoms with Gasteiger partial charge in [0.15, 0.2) is 5.96 Å². The van der Waals surface area contributed by atoms with Gasteiger partial charge in [-0.2, -0.15) is 11.8 Å². The second kappa shape index (κ2) is 41.0. The van der Waals surface area contributed by atoms with E-state index in [4.69, 9.17) is 40.1 Å².